The molecule has 7 heteroatoms. The Labute approximate surface area is 160 Å². The monoisotopic (exact) mass is 381 g/mol. The molecule has 0 radical (unpaired) electrons. The molecule has 0 spiro atoms. The van der Waals surface area contributed by atoms with E-state index in [0.717, 1.165) is 29.6 Å². The van der Waals surface area contributed by atoms with Crippen molar-refractivity contribution in [3.05, 3.63) is 54.1 Å². The summed E-state index contributed by atoms with van der Waals surface area (Å²) in [6, 6.07) is 15.0. The van der Waals surface area contributed by atoms with Crippen molar-refractivity contribution in [3.8, 4) is 0 Å². The summed E-state index contributed by atoms with van der Waals surface area (Å²) in [5.41, 5.74) is 3.19. The highest BCUT2D eigenvalue weighted by atomic mass is 32.2. The number of benzene rings is 2. The van der Waals surface area contributed by atoms with E-state index in [4.69, 9.17) is 4.42 Å². The van der Waals surface area contributed by atoms with Crippen LogP contribution in [0.1, 0.15) is 18.4 Å². The van der Waals surface area contributed by atoms with Crippen molar-refractivity contribution in [3.63, 3.8) is 0 Å². The number of fused-ring (bicyclic) bond motifs is 1. The maximum Gasteiger partial charge on any atom is 0.257 e. The Balaban J connectivity index is 1.26. The molecule has 0 unspecified atom stereocenters. The number of hydrogen-bond acceptors (Lipinski definition) is 5. The van der Waals surface area contributed by atoms with Crippen molar-refractivity contribution in [2.45, 2.75) is 24.6 Å². The summed E-state index contributed by atoms with van der Waals surface area (Å²) in [5.74, 6) is 0.364. The Hall–Kier alpha value is -2.80. The number of nitrogens with zero attached hydrogens (tertiary/aromatic N) is 1. The maximum absolute atomic E-state index is 12.1. The minimum absolute atomic E-state index is 0.0749. The molecule has 3 aromatic rings. The standard InChI is InChI=1S/C20H19N3O3S/c24-18(12-27-20-23-16-6-1-2-7-17(16)26-20)21-11-13-4-3-5-15(10-13)22-19(25)14-8-9-14/h1-7,10,14H,8-9,11-12H2,(H,21,24)(H,22,25). The van der Waals surface area contributed by atoms with Gasteiger partial charge in [0.05, 0.1) is 5.75 Å². The zero-order chi connectivity index (χ0) is 18.6. The lowest BCUT2D eigenvalue weighted by Gasteiger charge is -2.08. The predicted octanol–water partition coefficient (Wildman–Crippen LogP) is 3.58. The number of carbonyl (C=O) groups is 2. The number of carbonyl (C=O) groups excluding carboxylic acids is 2. The number of aromatic nitrogens is 1. The fraction of sp³-hybridized carbons (Fsp3) is 0.250. The lowest BCUT2D eigenvalue weighted by Crippen LogP contribution is -2.24. The average Bonchev–Trinajstić information content (AvgIpc) is 3.44. The van der Waals surface area contributed by atoms with Crippen molar-refractivity contribution < 1.29 is 14.0 Å². The van der Waals surface area contributed by atoms with Gasteiger partial charge in [0, 0.05) is 18.2 Å². The van der Waals surface area contributed by atoms with Crippen LogP contribution < -0.4 is 10.6 Å². The molecule has 6 nitrogen and oxygen atoms in total. The minimum atomic E-state index is -0.102. The molecule has 4 rings (SSSR count). The van der Waals surface area contributed by atoms with E-state index in [1.165, 1.54) is 11.8 Å². The topological polar surface area (TPSA) is 84.2 Å². The van der Waals surface area contributed by atoms with Gasteiger partial charge in [-0.25, -0.2) is 4.98 Å². The van der Waals surface area contributed by atoms with Gasteiger partial charge in [-0.05, 0) is 42.7 Å². The fourth-order valence-corrected chi connectivity index (χ4v) is 3.31. The van der Waals surface area contributed by atoms with Crippen molar-refractivity contribution in [1.29, 1.82) is 0 Å². The third kappa shape index (κ3) is 4.68. The van der Waals surface area contributed by atoms with Crippen LogP contribution in [-0.4, -0.2) is 22.6 Å². The lowest BCUT2D eigenvalue weighted by atomic mass is 10.2. The molecule has 0 aliphatic heterocycles. The second-order valence-corrected chi connectivity index (χ2v) is 7.40. The van der Waals surface area contributed by atoms with Crippen LogP contribution in [0.5, 0.6) is 0 Å². The SMILES string of the molecule is O=C(CSc1nc2ccccc2o1)NCc1cccc(NC(=O)C2CC2)c1. The van der Waals surface area contributed by atoms with E-state index >= 15 is 0 Å². The third-order valence-electron chi connectivity index (χ3n) is 4.23. The number of para-hydroxylation sites is 2. The minimum Gasteiger partial charge on any atom is -0.431 e. The molecule has 2 N–H and O–H groups in total. The van der Waals surface area contributed by atoms with Gasteiger partial charge in [-0.3, -0.25) is 9.59 Å². The summed E-state index contributed by atoms with van der Waals surface area (Å²) in [6.07, 6.45) is 1.94. The molecule has 1 heterocycles. The van der Waals surface area contributed by atoms with Crippen LogP contribution in [-0.2, 0) is 16.1 Å². The van der Waals surface area contributed by atoms with E-state index in [2.05, 4.69) is 15.6 Å². The quantitative estimate of drug-likeness (QED) is 0.611. The zero-order valence-corrected chi connectivity index (χ0v) is 15.4. The number of amides is 2. The Morgan fingerprint density at radius 1 is 1.15 bits per heavy atom. The summed E-state index contributed by atoms with van der Waals surface area (Å²) in [7, 11) is 0. The molecule has 1 fully saturated rings. The highest BCUT2D eigenvalue weighted by Crippen LogP contribution is 2.30. The molecule has 0 bridgehead atoms. The Kier molecular flexibility index (Phi) is 5.11. The Morgan fingerprint density at radius 3 is 2.81 bits per heavy atom. The number of oxazole rings is 1. The van der Waals surface area contributed by atoms with Crippen LogP contribution in [0.3, 0.4) is 0 Å². The summed E-state index contributed by atoms with van der Waals surface area (Å²) < 4.78 is 5.59. The number of rotatable bonds is 7. The molecule has 2 aromatic carbocycles. The molecule has 1 saturated carbocycles. The molecular formula is C20H19N3O3S. The summed E-state index contributed by atoms with van der Waals surface area (Å²) in [6.45, 7) is 0.403. The fourth-order valence-electron chi connectivity index (χ4n) is 2.64. The van der Waals surface area contributed by atoms with Crippen LogP contribution in [0, 0.1) is 5.92 Å². The average molecular weight is 381 g/mol. The van der Waals surface area contributed by atoms with Gasteiger partial charge in [-0.2, -0.15) is 0 Å². The molecule has 1 aliphatic rings. The highest BCUT2D eigenvalue weighted by molar-refractivity contribution is 7.99. The molecule has 0 saturated heterocycles. The molecule has 1 aromatic heterocycles. The first-order chi connectivity index (χ1) is 13.2. The number of hydrogen-bond donors (Lipinski definition) is 2. The van der Waals surface area contributed by atoms with E-state index in [1.54, 1.807) is 0 Å². The lowest BCUT2D eigenvalue weighted by molar-refractivity contribution is -0.119. The van der Waals surface area contributed by atoms with Gasteiger partial charge in [0.1, 0.15) is 5.52 Å². The number of anilines is 1. The van der Waals surface area contributed by atoms with Gasteiger partial charge in [-0.15, -0.1) is 0 Å². The second kappa shape index (κ2) is 7.84. The zero-order valence-electron chi connectivity index (χ0n) is 14.6. The Morgan fingerprint density at radius 2 is 2.00 bits per heavy atom. The first kappa shape index (κ1) is 17.6. The van der Waals surface area contributed by atoms with E-state index in [0.29, 0.717) is 17.4 Å². The van der Waals surface area contributed by atoms with Gasteiger partial charge >= 0.3 is 0 Å². The third-order valence-corrected chi connectivity index (χ3v) is 5.06. The highest BCUT2D eigenvalue weighted by Gasteiger charge is 2.29. The first-order valence-electron chi connectivity index (χ1n) is 8.82. The summed E-state index contributed by atoms with van der Waals surface area (Å²) in [4.78, 5) is 28.3. The van der Waals surface area contributed by atoms with Gasteiger partial charge in [0.2, 0.25) is 11.8 Å². The van der Waals surface area contributed by atoms with Crippen molar-refractivity contribution in [2.24, 2.45) is 5.92 Å². The Bertz CT molecular complexity index is 948. The predicted molar refractivity (Wildman–Crippen MR) is 104 cm³/mol. The molecule has 27 heavy (non-hydrogen) atoms. The summed E-state index contributed by atoms with van der Waals surface area (Å²) >= 11 is 1.26. The van der Waals surface area contributed by atoms with Crippen LogP contribution >= 0.6 is 11.8 Å². The van der Waals surface area contributed by atoms with Gasteiger partial charge < -0.3 is 15.1 Å². The van der Waals surface area contributed by atoms with Gasteiger partial charge in [-0.1, -0.05) is 36.0 Å². The van der Waals surface area contributed by atoms with Crippen molar-refractivity contribution in [2.75, 3.05) is 11.1 Å². The second-order valence-electron chi connectivity index (χ2n) is 6.48. The van der Waals surface area contributed by atoms with Crippen LogP contribution in [0.4, 0.5) is 5.69 Å². The molecule has 138 valence electrons. The summed E-state index contributed by atoms with van der Waals surface area (Å²) in [5, 5.41) is 6.27. The molecular weight excluding hydrogens is 362 g/mol. The van der Waals surface area contributed by atoms with Gasteiger partial charge in [0.25, 0.3) is 5.22 Å². The number of thioether (sulfide) groups is 1. The van der Waals surface area contributed by atoms with Crippen LogP contribution in [0.15, 0.2) is 58.2 Å². The van der Waals surface area contributed by atoms with E-state index in [9.17, 15) is 9.59 Å². The van der Waals surface area contributed by atoms with Crippen molar-refractivity contribution in [1.82, 2.24) is 10.3 Å². The first-order valence-corrected chi connectivity index (χ1v) is 9.81. The van der Waals surface area contributed by atoms with E-state index < -0.39 is 0 Å². The molecule has 2 amide bonds. The largest absolute Gasteiger partial charge is 0.431 e. The van der Waals surface area contributed by atoms with Crippen LogP contribution in [0.25, 0.3) is 11.1 Å². The van der Waals surface area contributed by atoms with E-state index in [-0.39, 0.29) is 23.5 Å². The smallest absolute Gasteiger partial charge is 0.257 e. The van der Waals surface area contributed by atoms with Gasteiger partial charge in [0.15, 0.2) is 5.58 Å². The van der Waals surface area contributed by atoms with Crippen molar-refractivity contribution >= 4 is 40.4 Å². The van der Waals surface area contributed by atoms with Crippen LogP contribution in [0.2, 0.25) is 0 Å². The maximum atomic E-state index is 12.1. The molecule has 0 atom stereocenters. The molecule has 1 aliphatic carbocycles. The number of nitrogens with one attached hydrogen (secondary N) is 2. The van der Waals surface area contributed by atoms with E-state index in [1.807, 2.05) is 48.5 Å². The normalized spacial score (nSPS) is 13.5.